The Bertz CT molecular complexity index is 231. The van der Waals surface area contributed by atoms with Gasteiger partial charge in [-0.2, -0.15) is 0 Å². The highest BCUT2D eigenvalue weighted by Gasteiger charge is 2.13. The van der Waals surface area contributed by atoms with E-state index >= 15 is 0 Å². The van der Waals surface area contributed by atoms with Gasteiger partial charge in [-0.1, -0.05) is 27.4 Å². The highest BCUT2D eigenvalue weighted by molar-refractivity contribution is 6.05. The summed E-state index contributed by atoms with van der Waals surface area (Å²) in [5.41, 5.74) is 12.0. The van der Waals surface area contributed by atoms with E-state index in [0.717, 1.165) is 0 Å². The average molecular weight is 167 g/mol. The molecule has 0 unspecified atom stereocenters. The summed E-state index contributed by atoms with van der Waals surface area (Å²) >= 11 is 0. The zero-order valence-corrected chi connectivity index (χ0v) is 7.94. The maximum Gasteiger partial charge on any atom is 0.0780 e. The number of nitrogens with two attached hydrogens (primary N) is 2. The summed E-state index contributed by atoms with van der Waals surface area (Å²) in [6, 6.07) is 0. The smallest absolute Gasteiger partial charge is 0.0780 e. The molecule has 3 heteroatoms. The van der Waals surface area contributed by atoms with Crippen LogP contribution in [0.5, 0.6) is 0 Å². The molecule has 0 aromatic rings. The fourth-order valence-corrected chi connectivity index (χ4v) is 0.465. The Morgan fingerprint density at radius 2 is 1.75 bits per heavy atom. The van der Waals surface area contributed by atoms with Crippen LogP contribution in [0, 0.1) is 10.8 Å². The molecule has 0 radical (unpaired) electrons. The zero-order valence-electron chi connectivity index (χ0n) is 7.94. The normalized spacial score (nSPS) is 12.8. The van der Waals surface area contributed by atoms with E-state index in [4.69, 9.17) is 16.9 Å². The van der Waals surface area contributed by atoms with E-state index in [9.17, 15) is 0 Å². The van der Waals surface area contributed by atoms with E-state index in [1.807, 2.05) is 20.8 Å². The Kier molecular flexibility index (Phi) is 3.07. The molecule has 68 valence electrons. The minimum Gasteiger partial charge on any atom is -0.402 e. The van der Waals surface area contributed by atoms with Crippen LogP contribution in [0.3, 0.4) is 0 Å². The Morgan fingerprint density at radius 3 is 2.00 bits per heavy atom. The van der Waals surface area contributed by atoms with Crippen molar-refractivity contribution in [2.45, 2.75) is 20.8 Å². The standard InChI is InChI=1S/C9H17N3/c1-6(10)7(11)5-8(12)9(2,3)4/h5,11H,1,10,12H2,2-4H3. The van der Waals surface area contributed by atoms with Gasteiger partial charge in [0.2, 0.25) is 0 Å². The Morgan fingerprint density at radius 1 is 1.33 bits per heavy atom. The molecular formula is C9H17N3. The molecule has 0 aliphatic heterocycles. The second-order valence-corrected chi connectivity index (χ2v) is 3.79. The maximum atomic E-state index is 7.37. The van der Waals surface area contributed by atoms with Crippen LogP contribution in [-0.4, -0.2) is 5.71 Å². The molecule has 3 nitrogen and oxygen atoms in total. The second kappa shape index (κ2) is 3.43. The van der Waals surface area contributed by atoms with Crippen molar-refractivity contribution in [1.82, 2.24) is 0 Å². The first-order valence-corrected chi connectivity index (χ1v) is 3.76. The third kappa shape index (κ3) is 3.23. The molecule has 0 amide bonds. The van der Waals surface area contributed by atoms with Gasteiger partial charge < -0.3 is 11.5 Å². The summed E-state index contributed by atoms with van der Waals surface area (Å²) < 4.78 is 0. The van der Waals surface area contributed by atoms with E-state index in [-0.39, 0.29) is 16.8 Å². The molecule has 12 heavy (non-hydrogen) atoms. The predicted molar refractivity (Wildman–Crippen MR) is 52.8 cm³/mol. The summed E-state index contributed by atoms with van der Waals surface area (Å²) in [6.45, 7) is 9.38. The first-order chi connectivity index (χ1) is 5.25. The van der Waals surface area contributed by atoms with E-state index < -0.39 is 0 Å². The number of nitrogens with one attached hydrogen (secondary N) is 1. The van der Waals surface area contributed by atoms with Crippen LogP contribution < -0.4 is 11.5 Å². The molecule has 0 aromatic heterocycles. The molecule has 0 aliphatic carbocycles. The molecule has 0 atom stereocenters. The van der Waals surface area contributed by atoms with Crippen molar-refractivity contribution in [3.63, 3.8) is 0 Å². The van der Waals surface area contributed by atoms with Crippen molar-refractivity contribution in [1.29, 1.82) is 5.41 Å². The van der Waals surface area contributed by atoms with Gasteiger partial charge in [-0.25, -0.2) is 0 Å². The van der Waals surface area contributed by atoms with Crippen molar-refractivity contribution in [3.05, 3.63) is 24.0 Å². The van der Waals surface area contributed by atoms with Gasteiger partial charge in [-0.15, -0.1) is 0 Å². The minimum atomic E-state index is -0.123. The van der Waals surface area contributed by atoms with Gasteiger partial charge in [0.1, 0.15) is 0 Å². The van der Waals surface area contributed by atoms with Crippen LogP contribution >= 0.6 is 0 Å². The average Bonchev–Trinajstić information content (AvgIpc) is 1.85. The highest BCUT2D eigenvalue weighted by Crippen LogP contribution is 2.20. The van der Waals surface area contributed by atoms with Crippen molar-refractivity contribution in [3.8, 4) is 0 Å². The number of hydrogen-bond donors (Lipinski definition) is 3. The van der Waals surface area contributed by atoms with E-state index in [1.165, 1.54) is 0 Å². The number of rotatable bonds is 2. The molecule has 0 fully saturated rings. The number of allylic oxidation sites excluding steroid dienone is 2. The Hall–Kier alpha value is -1.25. The molecule has 0 rings (SSSR count). The third-order valence-electron chi connectivity index (χ3n) is 1.51. The lowest BCUT2D eigenvalue weighted by Crippen LogP contribution is -2.19. The molecule has 0 aliphatic rings. The van der Waals surface area contributed by atoms with Crippen LogP contribution in [0.2, 0.25) is 0 Å². The number of hydrogen-bond acceptors (Lipinski definition) is 3. The monoisotopic (exact) mass is 167 g/mol. The summed E-state index contributed by atoms with van der Waals surface area (Å²) in [5, 5.41) is 7.37. The molecule has 0 saturated heterocycles. The first-order valence-electron chi connectivity index (χ1n) is 3.76. The van der Waals surface area contributed by atoms with Gasteiger partial charge in [-0.05, 0) is 6.08 Å². The summed E-state index contributed by atoms with van der Waals surface area (Å²) in [4.78, 5) is 0. The molecule has 5 N–H and O–H groups in total. The van der Waals surface area contributed by atoms with Gasteiger partial charge >= 0.3 is 0 Å². The van der Waals surface area contributed by atoms with E-state index in [1.54, 1.807) is 6.08 Å². The van der Waals surface area contributed by atoms with Gasteiger partial charge in [0.25, 0.3) is 0 Å². The minimum absolute atomic E-state index is 0.123. The van der Waals surface area contributed by atoms with Crippen molar-refractivity contribution < 1.29 is 0 Å². The summed E-state index contributed by atoms with van der Waals surface area (Å²) in [6.07, 6.45) is 1.54. The lowest BCUT2D eigenvalue weighted by molar-refractivity contribution is 0.498. The fraction of sp³-hybridized carbons (Fsp3) is 0.444. The first kappa shape index (κ1) is 10.8. The molecule has 0 aromatic carbocycles. The fourth-order valence-electron chi connectivity index (χ4n) is 0.465. The largest absolute Gasteiger partial charge is 0.402 e. The Balaban J connectivity index is 4.59. The predicted octanol–water partition coefficient (Wildman–Crippen LogP) is 1.37. The van der Waals surface area contributed by atoms with Gasteiger partial charge in [0, 0.05) is 16.8 Å². The van der Waals surface area contributed by atoms with Crippen molar-refractivity contribution in [2.75, 3.05) is 0 Å². The molecule has 0 spiro atoms. The lowest BCUT2D eigenvalue weighted by Gasteiger charge is -2.18. The second-order valence-electron chi connectivity index (χ2n) is 3.79. The topological polar surface area (TPSA) is 75.9 Å². The zero-order chi connectivity index (χ0) is 9.94. The summed E-state index contributed by atoms with van der Waals surface area (Å²) in [5.74, 6) is 0. The highest BCUT2D eigenvalue weighted by atomic mass is 14.7. The van der Waals surface area contributed by atoms with E-state index in [2.05, 4.69) is 6.58 Å². The van der Waals surface area contributed by atoms with Crippen molar-refractivity contribution in [2.24, 2.45) is 16.9 Å². The van der Waals surface area contributed by atoms with Crippen LogP contribution in [0.4, 0.5) is 0 Å². The van der Waals surface area contributed by atoms with Crippen LogP contribution in [-0.2, 0) is 0 Å². The van der Waals surface area contributed by atoms with Crippen LogP contribution in [0.15, 0.2) is 24.0 Å². The van der Waals surface area contributed by atoms with Gasteiger partial charge in [-0.3, -0.25) is 5.41 Å². The SMILES string of the molecule is C=C(N)C(=N)C=C(N)C(C)(C)C. The quantitative estimate of drug-likeness (QED) is 0.543. The van der Waals surface area contributed by atoms with Crippen LogP contribution in [0.25, 0.3) is 0 Å². The van der Waals surface area contributed by atoms with Gasteiger partial charge in [0.05, 0.1) is 5.71 Å². The summed E-state index contributed by atoms with van der Waals surface area (Å²) in [7, 11) is 0. The molecular weight excluding hydrogens is 150 g/mol. The molecule has 0 bridgehead atoms. The maximum absolute atomic E-state index is 7.37. The van der Waals surface area contributed by atoms with Gasteiger partial charge in [0.15, 0.2) is 0 Å². The molecule has 0 heterocycles. The van der Waals surface area contributed by atoms with Crippen molar-refractivity contribution >= 4 is 5.71 Å². The Labute approximate surface area is 73.6 Å². The molecule has 0 saturated carbocycles. The van der Waals surface area contributed by atoms with Crippen LogP contribution in [0.1, 0.15) is 20.8 Å². The third-order valence-corrected chi connectivity index (χ3v) is 1.51. The lowest BCUT2D eigenvalue weighted by atomic mass is 9.91. The van der Waals surface area contributed by atoms with E-state index in [0.29, 0.717) is 5.70 Å².